The molecular formula is C20H19N3O3. The van der Waals surface area contributed by atoms with Gasteiger partial charge in [-0.05, 0) is 30.7 Å². The largest absolute Gasteiger partial charge is 0.465 e. The normalized spacial score (nSPS) is 10.4. The third-order valence-electron chi connectivity index (χ3n) is 3.93. The Kier molecular flexibility index (Phi) is 5.12. The van der Waals surface area contributed by atoms with Gasteiger partial charge >= 0.3 is 5.97 Å². The number of rotatable bonds is 5. The van der Waals surface area contributed by atoms with Crippen LogP contribution in [0.2, 0.25) is 0 Å². The molecule has 26 heavy (non-hydrogen) atoms. The number of ether oxygens (including phenoxy) is 1. The number of carbonyl (C=O) groups is 2. The summed E-state index contributed by atoms with van der Waals surface area (Å²) in [6, 6.07) is 14.6. The number of aryl methyl sites for hydroxylation is 1. The van der Waals surface area contributed by atoms with Gasteiger partial charge in [-0.3, -0.25) is 9.48 Å². The minimum atomic E-state index is -0.388. The monoisotopic (exact) mass is 349 g/mol. The van der Waals surface area contributed by atoms with Gasteiger partial charge in [-0.25, -0.2) is 4.79 Å². The third-order valence-corrected chi connectivity index (χ3v) is 3.93. The van der Waals surface area contributed by atoms with E-state index >= 15 is 0 Å². The molecule has 6 heteroatoms. The molecule has 0 unspecified atom stereocenters. The Bertz CT molecular complexity index is 947. The van der Waals surface area contributed by atoms with Gasteiger partial charge in [0.2, 0.25) is 0 Å². The molecular weight excluding hydrogens is 330 g/mol. The first-order valence-corrected chi connectivity index (χ1v) is 8.13. The Hall–Kier alpha value is -3.41. The van der Waals surface area contributed by atoms with Gasteiger partial charge in [0, 0.05) is 11.8 Å². The zero-order valence-electron chi connectivity index (χ0n) is 14.6. The van der Waals surface area contributed by atoms with Crippen LogP contribution in [-0.2, 0) is 11.3 Å². The predicted octanol–water partition coefficient (Wildman–Crippen LogP) is 3.28. The highest BCUT2D eigenvalue weighted by atomic mass is 16.5. The van der Waals surface area contributed by atoms with Crippen LogP contribution in [0, 0.1) is 6.92 Å². The second kappa shape index (κ2) is 7.65. The number of carbonyl (C=O) groups excluding carboxylic acids is 2. The fourth-order valence-electron chi connectivity index (χ4n) is 2.65. The van der Waals surface area contributed by atoms with E-state index in [2.05, 4.69) is 10.4 Å². The standard InChI is InChI=1S/C20H19N3O3/c1-14-6-5-8-15(10-14)19(24)22-17-11-21-23(13-17)12-16-7-3-4-9-18(16)20(25)26-2/h3-11,13H,12H2,1-2H3,(H,22,24). The molecule has 1 amide bonds. The number of anilines is 1. The molecule has 0 aliphatic rings. The van der Waals surface area contributed by atoms with Crippen molar-refractivity contribution in [3.63, 3.8) is 0 Å². The third kappa shape index (κ3) is 3.97. The highest BCUT2D eigenvalue weighted by molar-refractivity contribution is 6.04. The van der Waals surface area contributed by atoms with Gasteiger partial charge in [0.25, 0.3) is 5.91 Å². The van der Waals surface area contributed by atoms with E-state index < -0.39 is 0 Å². The Balaban J connectivity index is 1.73. The van der Waals surface area contributed by atoms with Crippen LogP contribution in [-0.4, -0.2) is 28.8 Å². The van der Waals surface area contributed by atoms with Crippen molar-refractivity contribution < 1.29 is 14.3 Å². The van der Waals surface area contributed by atoms with Crippen molar-refractivity contribution in [2.75, 3.05) is 12.4 Å². The minimum Gasteiger partial charge on any atom is -0.465 e. The van der Waals surface area contributed by atoms with Crippen LogP contribution in [0.15, 0.2) is 60.9 Å². The molecule has 0 spiro atoms. The van der Waals surface area contributed by atoms with Gasteiger partial charge in [0.05, 0.1) is 31.1 Å². The molecule has 0 bridgehead atoms. The number of hydrogen-bond donors (Lipinski definition) is 1. The summed E-state index contributed by atoms with van der Waals surface area (Å²) in [4.78, 5) is 24.2. The van der Waals surface area contributed by atoms with Gasteiger partial charge in [0.15, 0.2) is 0 Å². The number of hydrogen-bond acceptors (Lipinski definition) is 4. The lowest BCUT2D eigenvalue weighted by Crippen LogP contribution is -2.11. The van der Waals surface area contributed by atoms with E-state index in [1.165, 1.54) is 7.11 Å². The van der Waals surface area contributed by atoms with E-state index in [1.807, 2.05) is 37.3 Å². The first-order valence-electron chi connectivity index (χ1n) is 8.13. The van der Waals surface area contributed by atoms with Crippen LogP contribution in [0.25, 0.3) is 0 Å². The summed E-state index contributed by atoms with van der Waals surface area (Å²) in [5.41, 5.74) is 3.49. The van der Waals surface area contributed by atoms with E-state index in [4.69, 9.17) is 4.74 Å². The molecule has 1 heterocycles. The van der Waals surface area contributed by atoms with Crippen molar-refractivity contribution in [3.05, 3.63) is 83.2 Å². The van der Waals surface area contributed by atoms with E-state index in [-0.39, 0.29) is 11.9 Å². The summed E-state index contributed by atoms with van der Waals surface area (Å²) < 4.78 is 6.47. The molecule has 2 aromatic carbocycles. The molecule has 0 aliphatic carbocycles. The van der Waals surface area contributed by atoms with Crippen LogP contribution in [0.5, 0.6) is 0 Å². The molecule has 3 aromatic rings. The Morgan fingerprint density at radius 3 is 2.73 bits per heavy atom. The lowest BCUT2D eigenvalue weighted by molar-refractivity contribution is 0.0599. The molecule has 6 nitrogen and oxygen atoms in total. The van der Waals surface area contributed by atoms with Crippen LogP contribution in [0.1, 0.15) is 31.8 Å². The Labute approximate surface area is 151 Å². The van der Waals surface area contributed by atoms with Crippen LogP contribution < -0.4 is 5.32 Å². The average molecular weight is 349 g/mol. The first-order chi connectivity index (χ1) is 12.6. The highest BCUT2D eigenvalue weighted by Crippen LogP contribution is 2.14. The second-order valence-corrected chi connectivity index (χ2v) is 5.90. The molecule has 0 aliphatic heterocycles. The predicted molar refractivity (Wildman–Crippen MR) is 98.2 cm³/mol. The summed E-state index contributed by atoms with van der Waals surface area (Å²) in [6.07, 6.45) is 3.30. The molecule has 0 saturated carbocycles. The van der Waals surface area contributed by atoms with Crippen LogP contribution in [0.4, 0.5) is 5.69 Å². The van der Waals surface area contributed by atoms with Crippen LogP contribution >= 0.6 is 0 Å². The van der Waals surface area contributed by atoms with Crippen molar-refractivity contribution in [1.82, 2.24) is 9.78 Å². The summed E-state index contributed by atoms with van der Waals surface area (Å²) in [6.45, 7) is 2.33. The molecule has 0 fully saturated rings. The molecule has 1 N–H and O–H groups in total. The number of amides is 1. The van der Waals surface area contributed by atoms with Gasteiger partial charge in [-0.15, -0.1) is 0 Å². The number of nitrogens with one attached hydrogen (secondary N) is 1. The van der Waals surface area contributed by atoms with Gasteiger partial charge in [-0.2, -0.15) is 5.10 Å². The summed E-state index contributed by atoms with van der Waals surface area (Å²) in [7, 11) is 1.35. The van der Waals surface area contributed by atoms with Gasteiger partial charge in [0.1, 0.15) is 0 Å². The number of aromatic nitrogens is 2. The topological polar surface area (TPSA) is 73.2 Å². The number of nitrogens with zero attached hydrogens (tertiary/aromatic N) is 2. The van der Waals surface area contributed by atoms with Crippen molar-refractivity contribution >= 4 is 17.6 Å². The molecule has 3 rings (SSSR count). The Morgan fingerprint density at radius 1 is 1.15 bits per heavy atom. The first kappa shape index (κ1) is 17.4. The van der Waals surface area contributed by atoms with Crippen molar-refractivity contribution in [2.45, 2.75) is 13.5 Å². The fourth-order valence-corrected chi connectivity index (χ4v) is 2.65. The van der Waals surface area contributed by atoms with E-state index in [0.29, 0.717) is 23.4 Å². The van der Waals surface area contributed by atoms with E-state index in [9.17, 15) is 9.59 Å². The summed E-state index contributed by atoms with van der Waals surface area (Å²) in [5.74, 6) is -0.580. The van der Waals surface area contributed by atoms with Crippen LogP contribution in [0.3, 0.4) is 0 Å². The maximum Gasteiger partial charge on any atom is 0.338 e. The summed E-state index contributed by atoms with van der Waals surface area (Å²) >= 11 is 0. The maximum absolute atomic E-state index is 12.3. The van der Waals surface area contributed by atoms with Crippen molar-refractivity contribution in [1.29, 1.82) is 0 Å². The van der Waals surface area contributed by atoms with Crippen molar-refractivity contribution in [2.24, 2.45) is 0 Å². The molecule has 0 saturated heterocycles. The molecule has 0 atom stereocenters. The molecule has 0 radical (unpaired) electrons. The Morgan fingerprint density at radius 2 is 1.96 bits per heavy atom. The number of benzene rings is 2. The molecule has 1 aromatic heterocycles. The lowest BCUT2D eigenvalue weighted by atomic mass is 10.1. The van der Waals surface area contributed by atoms with E-state index in [1.54, 1.807) is 35.3 Å². The lowest BCUT2D eigenvalue weighted by Gasteiger charge is -2.07. The highest BCUT2D eigenvalue weighted by Gasteiger charge is 2.12. The van der Waals surface area contributed by atoms with E-state index in [0.717, 1.165) is 11.1 Å². The van der Waals surface area contributed by atoms with Crippen molar-refractivity contribution in [3.8, 4) is 0 Å². The number of esters is 1. The fraction of sp³-hybridized carbons (Fsp3) is 0.150. The quantitative estimate of drug-likeness (QED) is 0.718. The van der Waals surface area contributed by atoms with Gasteiger partial charge in [-0.1, -0.05) is 35.9 Å². The SMILES string of the molecule is COC(=O)c1ccccc1Cn1cc(NC(=O)c2cccc(C)c2)cn1. The smallest absolute Gasteiger partial charge is 0.338 e. The summed E-state index contributed by atoms with van der Waals surface area (Å²) in [5, 5.41) is 7.08. The zero-order valence-corrected chi connectivity index (χ0v) is 14.6. The zero-order chi connectivity index (χ0) is 18.5. The number of methoxy groups -OCH3 is 1. The minimum absolute atomic E-state index is 0.191. The maximum atomic E-state index is 12.3. The second-order valence-electron chi connectivity index (χ2n) is 5.90. The average Bonchev–Trinajstić information content (AvgIpc) is 3.08. The van der Waals surface area contributed by atoms with Gasteiger partial charge < -0.3 is 10.1 Å². The molecule has 132 valence electrons.